The van der Waals surface area contributed by atoms with Crippen molar-refractivity contribution in [2.24, 2.45) is 0 Å². The molecule has 0 spiro atoms. The van der Waals surface area contributed by atoms with Gasteiger partial charge in [0.05, 0.1) is 6.61 Å². The van der Waals surface area contributed by atoms with Crippen LogP contribution >= 0.6 is 0 Å². The van der Waals surface area contributed by atoms with E-state index >= 15 is 0 Å². The molecule has 0 aliphatic carbocycles. The van der Waals surface area contributed by atoms with Crippen molar-refractivity contribution < 1.29 is 23.7 Å². The smallest absolute Gasteiger partial charge is 0.220 e. The van der Waals surface area contributed by atoms with Gasteiger partial charge in [-0.05, 0) is 0 Å². The van der Waals surface area contributed by atoms with Crippen LogP contribution in [0.15, 0.2) is 0 Å². The normalized spacial score (nSPS) is 41.4. The van der Waals surface area contributed by atoms with E-state index in [-0.39, 0.29) is 18.7 Å². The van der Waals surface area contributed by atoms with Crippen LogP contribution in [0.2, 0.25) is 0 Å². The van der Waals surface area contributed by atoms with Crippen LogP contribution in [0, 0.1) is 0 Å². The van der Waals surface area contributed by atoms with Crippen molar-refractivity contribution in [1.82, 2.24) is 0 Å². The topological polar surface area (TPSA) is 54.0 Å². The van der Waals surface area contributed by atoms with Crippen LogP contribution in [-0.2, 0) is 23.7 Å². The molecule has 0 aromatic carbocycles. The van der Waals surface area contributed by atoms with Crippen LogP contribution in [0.4, 0.5) is 0 Å². The fourth-order valence-corrected chi connectivity index (χ4v) is 1.39. The number of fused-ring (bicyclic) bond motifs is 1. The Morgan fingerprint density at radius 2 is 2.42 bits per heavy atom. The quantitative estimate of drug-likeness (QED) is 0.526. The van der Waals surface area contributed by atoms with Gasteiger partial charge in [0.2, 0.25) is 12.1 Å². The maximum atomic E-state index is 11.3. The number of hydrogen-bond donors (Lipinski definition) is 0. The third kappa shape index (κ3) is 1.15. The van der Waals surface area contributed by atoms with Crippen molar-refractivity contribution in [2.45, 2.75) is 18.5 Å². The van der Waals surface area contributed by atoms with Crippen LogP contribution in [0.3, 0.4) is 0 Å². The Balaban J connectivity index is 2.08. The summed E-state index contributed by atoms with van der Waals surface area (Å²) in [6, 6.07) is 0. The van der Waals surface area contributed by atoms with E-state index in [1.807, 2.05) is 0 Å². The number of rotatable bonds is 1. The van der Waals surface area contributed by atoms with Gasteiger partial charge in [-0.2, -0.15) is 0 Å². The van der Waals surface area contributed by atoms with Crippen molar-refractivity contribution in [1.29, 1.82) is 0 Å². The predicted octanol–water partition coefficient (Wildman–Crippen LogP) is -0.700. The molecular weight excluding hydrogens is 164 g/mol. The first-order valence-electron chi connectivity index (χ1n) is 3.74. The Morgan fingerprint density at radius 1 is 1.58 bits per heavy atom. The van der Waals surface area contributed by atoms with E-state index in [1.165, 1.54) is 7.11 Å². The predicted molar refractivity (Wildman–Crippen MR) is 36.4 cm³/mol. The molecule has 5 nitrogen and oxygen atoms in total. The van der Waals surface area contributed by atoms with Gasteiger partial charge in [-0.15, -0.1) is 0 Å². The molecule has 0 aromatic heterocycles. The van der Waals surface area contributed by atoms with Gasteiger partial charge in [-0.3, -0.25) is 4.79 Å². The zero-order valence-electron chi connectivity index (χ0n) is 6.69. The summed E-state index contributed by atoms with van der Waals surface area (Å²) < 4.78 is 20.1. The summed E-state index contributed by atoms with van der Waals surface area (Å²) in [5.41, 5.74) is 0. The lowest BCUT2D eigenvalue weighted by atomic mass is 10.1. The molecule has 12 heavy (non-hydrogen) atoms. The molecule has 2 aliphatic rings. The van der Waals surface area contributed by atoms with Gasteiger partial charge in [0.1, 0.15) is 12.9 Å². The van der Waals surface area contributed by atoms with Crippen molar-refractivity contribution in [3.8, 4) is 0 Å². The molecule has 2 heterocycles. The van der Waals surface area contributed by atoms with Gasteiger partial charge >= 0.3 is 0 Å². The number of carbonyl (C=O) groups excluding carboxylic acids is 1. The molecule has 68 valence electrons. The standard InChI is InChI=1S/C7H10O5/c1-9-7-5(8)6-4(12-7)2-10-3-11-6/h4,6-7H,2-3H2,1H3. The highest BCUT2D eigenvalue weighted by Gasteiger charge is 2.46. The van der Waals surface area contributed by atoms with E-state index < -0.39 is 12.4 Å². The Hall–Kier alpha value is -0.490. The SMILES string of the molecule is COC1OC2COCOC2C1=O. The summed E-state index contributed by atoms with van der Waals surface area (Å²) in [7, 11) is 1.43. The van der Waals surface area contributed by atoms with Gasteiger partial charge in [0.25, 0.3) is 0 Å². The molecule has 0 amide bonds. The molecule has 5 heteroatoms. The second kappa shape index (κ2) is 3.10. The second-order valence-corrected chi connectivity index (χ2v) is 2.72. The van der Waals surface area contributed by atoms with Crippen LogP contribution in [0.25, 0.3) is 0 Å². The molecule has 2 rings (SSSR count). The minimum absolute atomic E-state index is 0.147. The highest BCUT2D eigenvalue weighted by molar-refractivity contribution is 5.88. The van der Waals surface area contributed by atoms with Crippen molar-refractivity contribution >= 4 is 5.78 Å². The highest BCUT2D eigenvalue weighted by Crippen LogP contribution is 2.23. The minimum atomic E-state index is -0.776. The number of hydrogen-bond acceptors (Lipinski definition) is 5. The zero-order valence-corrected chi connectivity index (χ0v) is 6.69. The first-order chi connectivity index (χ1) is 5.83. The van der Waals surface area contributed by atoms with Gasteiger partial charge in [0, 0.05) is 7.11 Å². The third-order valence-electron chi connectivity index (χ3n) is 1.98. The Labute approximate surface area is 69.5 Å². The lowest BCUT2D eigenvalue weighted by Crippen LogP contribution is -2.39. The monoisotopic (exact) mass is 174 g/mol. The minimum Gasteiger partial charge on any atom is -0.353 e. The van der Waals surface area contributed by atoms with Crippen molar-refractivity contribution in [2.75, 3.05) is 20.5 Å². The zero-order chi connectivity index (χ0) is 8.55. The molecule has 0 aromatic rings. The fourth-order valence-electron chi connectivity index (χ4n) is 1.39. The summed E-state index contributed by atoms with van der Waals surface area (Å²) in [6.45, 7) is 0.558. The van der Waals surface area contributed by atoms with Crippen LogP contribution in [-0.4, -0.2) is 44.8 Å². The first kappa shape index (κ1) is 8.12. The van der Waals surface area contributed by atoms with Crippen molar-refractivity contribution in [3.05, 3.63) is 0 Å². The van der Waals surface area contributed by atoms with Gasteiger partial charge in [0.15, 0.2) is 6.10 Å². The number of Topliss-reactive ketones (excluding diaryl/α,β-unsaturated/α-hetero) is 1. The first-order valence-corrected chi connectivity index (χ1v) is 3.74. The molecule has 0 saturated carbocycles. The van der Waals surface area contributed by atoms with Crippen molar-refractivity contribution in [3.63, 3.8) is 0 Å². The average molecular weight is 174 g/mol. The molecule has 3 atom stereocenters. The molecule has 2 saturated heterocycles. The van der Waals surface area contributed by atoms with Gasteiger partial charge < -0.3 is 18.9 Å². The highest BCUT2D eigenvalue weighted by atomic mass is 16.7. The van der Waals surface area contributed by atoms with Gasteiger partial charge in [-0.1, -0.05) is 0 Å². The third-order valence-corrected chi connectivity index (χ3v) is 1.98. The second-order valence-electron chi connectivity index (χ2n) is 2.72. The maximum Gasteiger partial charge on any atom is 0.220 e. The molecule has 2 fully saturated rings. The molecule has 2 aliphatic heterocycles. The number of carbonyl (C=O) groups is 1. The lowest BCUT2D eigenvalue weighted by Gasteiger charge is -2.22. The number of ether oxygens (including phenoxy) is 4. The van der Waals surface area contributed by atoms with E-state index in [4.69, 9.17) is 18.9 Å². The lowest BCUT2D eigenvalue weighted by molar-refractivity contribution is -0.193. The molecule has 0 N–H and O–H groups in total. The Kier molecular flexibility index (Phi) is 2.10. The largest absolute Gasteiger partial charge is 0.353 e. The molecule has 3 unspecified atom stereocenters. The van der Waals surface area contributed by atoms with Crippen LogP contribution < -0.4 is 0 Å². The Morgan fingerprint density at radius 3 is 3.08 bits per heavy atom. The van der Waals surface area contributed by atoms with E-state index in [2.05, 4.69) is 0 Å². The summed E-state index contributed by atoms with van der Waals surface area (Å²) in [5, 5.41) is 0. The Bertz CT molecular complexity index is 192. The van der Waals surface area contributed by atoms with Crippen LogP contribution in [0.5, 0.6) is 0 Å². The summed E-state index contributed by atoms with van der Waals surface area (Å²) in [5.74, 6) is -0.147. The van der Waals surface area contributed by atoms with Crippen LogP contribution in [0.1, 0.15) is 0 Å². The number of methoxy groups -OCH3 is 1. The average Bonchev–Trinajstić information content (AvgIpc) is 2.44. The molecule has 0 bridgehead atoms. The summed E-state index contributed by atoms with van der Waals surface area (Å²) in [4.78, 5) is 11.3. The number of ketones is 1. The summed E-state index contributed by atoms with van der Waals surface area (Å²) >= 11 is 0. The van der Waals surface area contributed by atoms with E-state index in [0.717, 1.165) is 0 Å². The molecular formula is C7H10O5. The van der Waals surface area contributed by atoms with E-state index in [9.17, 15) is 4.79 Å². The maximum absolute atomic E-state index is 11.3. The van der Waals surface area contributed by atoms with E-state index in [1.54, 1.807) is 0 Å². The van der Waals surface area contributed by atoms with Gasteiger partial charge in [-0.25, -0.2) is 0 Å². The fraction of sp³-hybridized carbons (Fsp3) is 0.857. The summed E-state index contributed by atoms with van der Waals surface area (Å²) in [6.07, 6.45) is -1.57. The molecule has 0 radical (unpaired) electrons. The van der Waals surface area contributed by atoms with E-state index in [0.29, 0.717) is 6.61 Å².